The third kappa shape index (κ3) is 7.62. The van der Waals surface area contributed by atoms with Gasteiger partial charge in [0, 0.05) is 24.0 Å². The highest BCUT2D eigenvalue weighted by Gasteiger charge is 2.08. The minimum Gasteiger partial charge on any atom is -0.382 e. The van der Waals surface area contributed by atoms with E-state index < -0.39 is 0 Å². The van der Waals surface area contributed by atoms with Crippen LogP contribution in [-0.2, 0) is 20.7 Å². The number of halogens is 1. The minimum atomic E-state index is 0.0204. The average Bonchev–Trinajstić information content (AvgIpc) is 2.41. The molecule has 1 aromatic carbocycles. The van der Waals surface area contributed by atoms with Crippen LogP contribution in [0.4, 0.5) is 0 Å². The fourth-order valence-corrected chi connectivity index (χ4v) is 2.05. The van der Waals surface area contributed by atoms with E-state index in [1.807, 2.05) is 19.1 Å². The Balaban J connectivity index is 2.19. The maximum Gasteiger partial charge on any atom is 0.222 e. The minimum absolute atomic E-state index is 0.0204. The summed E-state index contributed by atoms with van der Waals surface area (Å²) in [4.78, 5) is 11.7. The lowest BCUT2D eigenvalue weighted by Gasteiger charge is -2.14. The molecule has 1 aromatic rings. The van der Waals surface area contributed by atoms with Crippen LogP contribution >= 0.6 is 15.9 Å². The maximum absolute atomic E-state index is 11.7. The Bertz CT molecular complexity index is 395. The van der Waals surface area contributed by atoms with Gasteiger partial charge in [-0.3, -0.25) is 4.79 Å². The van der Waals surface area contributed by atoms with Crippen LogP contribution < -0.4 is 5.32 Å². The average molecular weight is 344 g/mol. The zero-order valence-corrected chi connectivity index (χ0v) is 13.6. The first-order valence-electron chi connectivity index (χ1n) is 6.72. The van der Waals surface area contributed by atoms with Crippen LogP contribution in [0.1, 0.15) is 18.9 Å². The molecule has 1 N–H and O–H groups in total. The Kier molecular flexibility index (Phi) is 8.49. The van der Waals surface area contributed by atoms with Gasteiger partial charge in [0.2, 0.25) is 5.91 Å². The van der Waals surface area contributed by atoms with Gasteiger partial charge in [-0.25, -0.2) is 0 Å². The number of nitrogens with one attached hydrogen (secondary N) is 1. The second-order valence-electron chi connectivity index (χ2n) is 4.65. The lowest BCUT2D eigenvalue weighted by molar-refractivity contribution is -0.122. The summed E-state index contributed by atoms with van der Waals surface area (Å²) in [5.74, 6) is 0.0204. The first-order chi connectivity index (χ1) is 9.61. The normalized spacial score (nSPS) is 12.2. The van der Waals surface area contributed by atoms with Crippen molar-refractivity contribution < 1.29 is 14.3 Å². The summed E-state index contributed by atoms with van der Waals surface area (Å²) in [5.41, 5.74) is 1.21. The van der Waals surface area contributed by atoms with Crippen LogP contribution in [0.15, 0.2) is 28.7 Å². The second-order valence-corrected chi connectivity index (χ2v) is 5.57. The van der Waals surface area contributed by atoms with Gasteiger partial charge in [-0.05, 0) is 31.0 Å². The molecule has 1 rings (SSSR count). The summed E-state index contributed by atoms with van der Waals surface area (Å²) < 4.78 is 11.2. The number of ether oxygens (including phenoxy) is 2. The zero-order chi connectivity index (χ0) is 14.8. The predicted molar refractivity (Wildman–Crippen MR) is 82.8 cm³/mol. The Morgan fingerprint density at radius 3 is 2.60 bits per heavy atom. The van der Waals surface area contributed by atoms with E-state index in [2.05, 4.69) is 33.4 Å². The standard InChI is InChI=1S/C15H22BrNO3/c1-12(11-13-3-5-14(16)6-4-13)17-15(18)7-8-20-10-9-19-2/h3-6,12H,7-11H2,1-2H3,(H,17,18)/t12-/m1/s1. The lowest BCUT2D eigenvalue weighted by atomic mass is 10.1. The van der Waals surface area contributed by atoms with Crippen LogP contribution in [0.2, 0.25) is 0 Å². The van der Waals surface area contributed by atoms with Crippen molar-refractivity contribution in [3.63, 3.8) is 0 Å². The quantitative estimate of drug-likeness (QED) is 0.701. The molecule has 20 heavy (non-hydrogen) atoms. The van der Waals surface area contributed by atoms with Crippen LogP contribution in [0, 0.1) is 0 Å². The molecule has 0 aliphatic carbocycles. The molecular weight excluding hydrogens is 322 g/mol. The van der Waals surface area contributed by atoms with Crippen LogP contribution in [-0.4, -0.2) is 38.9 Å². The Morgan fingerprint density at radius 2 is 1.95 bits per heavy atom. The molecule has 112 valence electrons. The molecule has 4 nitrogen and oxygen atoms in total. The topological polar surface area (TPSA) is 47.6 Å². The van der Waals surface area contributed by atoms with E-state index in [1.54, 1.807) is 7.11 Å². The van der Waals surface area contributed by atoms with Gasteiger partial charge in [0.15, 0.2) is 0 Å². The third-order valence-corrected chi connectivity index (χ3v) is 3.30. The van der Waals surface area contributed by atoms with Gasteiger partial charge in [-0.15, -0.1) is 0 Å². The van der Waals surface area contributed by atoms with Crippen molar-refractivity contribution in [3.8, 4) is 0 Å². The Morgan fingerprint density at radius 1 is 1.25 bits per heavy atom. The van der Waals surface area contributed by atoms with Crippen molar-refractivity contribution in [1.29, 1.82) is 0 Å². The monoisotopic (exact) mass is 343 g/mol. The maximum atomic E-state index is 11.7. The number of carbonyl (C=O) groups excluding carboxylic acids is 1. The molecule has 1 atom stereocenters. The largest absolute Gasteiger partial charge is 0.382 e. The number of amides is 1. The highest BCUT2D eigenvalue weighted by Crippen LogP contribution is 2.11. The second kappa shape index (κ2) is 9.91. The van der Waals surface area contributed by atoms with Crippen molar-refractivity contribution in [2.45, 2.75) is 25.8 Å². The molecule has 0 heterocycles. The highest BCUT2D eigenvalue weighted by molar-refractivity contribution is 9.10. The van der Waals surface area contributed by atoms with Gasteiger partial charge < -0.3 is 14.8 Å². The fourth-order valence-electron chi connectivity index (χ4n) is 1.78. The molecular formula is C15H22BrNO3. The van der Waals surface area contributed by atoms with Crippen molar-refractivity contribution in [2.24, 2.45) is 0 Å². The molecule has 0 fully saturated rings. The zero-order valence-electron chi connectivity index (χ0n) is 12.0. The molecule has 5 heteroatoms. The van der Waals surface area contributed by atoms with E-state index in [1.165, 1.54) is 5.56 Å². The van der Waals surface area contributed by atoms with Gasteiger partial charge >= 0.3 is 0 Å². The molecule has 1 amide bonds. The van der Waals surface area contributed by atoms with Crippen molar-refractivity contribution in [1.82, 2.24) is 5.32 Å². The number of hydrogen-bond acceptors (Lipinski definition) is 3. The van der Waals surface area contributed by atoms with Gasteiger partial charge in [0.1, 0.15) is 0 Å². The molecule has 0 radical (unpaired) electrons. The van der Waals surface area contributed by atoms with E-state index in [-0.39, 0.29) is 11.9 Å². The van der Waals surface area contributed by atoms with E-state index in [4.69, 9.17) is 9.47 Å². The predicted octanol–water partition coefficient (Wildman–Crippen LogP) is 2.55. The summed E-state index contributed by atoms with van der Waals surface area (Å²) in [6, 6.07) is 8.24. The first kappa shape index (κ1) is 17.1. The molecule has 0 aliphatic rings. The van der Waals surface area contributed by atoms with Gasteiger partial charge in [-0.2, -0.15) is 0 Å². The van der Waals surface area contributed by atoms with E-state index in [0.29, 0.717) is 26.2 Å². The van der Waals surface area contributed by atoms with Gasteiger partial charge in [0.25, 0.3) is 0 Å². The molecule has 0 saturated heterocycles. The number of hydrogen-bond donors (Lipinski definition) is 1. The number of rotatable bonds is 9. The van der Waals surface area contributed by atoms with E-state index in [0.717, 1.165) is 10.9 Å². The van der Waals surface area contributed by atoms with Crippen LogP contribution in [0.25, 0.3) is 0 Å². The smallest absolute Gasteiger partial charge is 0.222 e. The van der Waals surface area contributed by atoms with Crippen molar-refractivity contribution in [2.75, 3.05) is 26.9 Å². The van der Waals surface area contributed by atoms with E-state index >= 15 is 0 Å². The molecule has 0 aliphatic heterocycles. The molecule has 0 aromatic heterocycles. The van der Waals surface area contributed by atoms with Crippen LogP contribution in [0.5, 0.6) is 0 Å². The summed E-state index contributed by atoms with van der Waals surface area (Å²) >= 11 is 3.41. The SMILES string of the molecule is COCCOCCC(=O)N[C@H](C)Cc1ccc(Br)cc1. The summed E-state index contributed by atoms with van der Waals surface area (Å²) in [6.45, 7) is 3.52. The van der Waals surface area contributed by atoms with E-state index in [9.17, 15) is 4.79 Å². The summed E-state index contributed by atoms with van der Waals surface area (Å²) in [5, 5.41) is 2.97. The highest BCUT2D eigenvalue weighted by atomic mass is 79.9. The Hall–Kier alpha value is -0.910. The summed E-state index contributed by atoms with van der Waals surface area (Å²) in [6.07, 6.45) is 1.21. The number of benzene rings is 1. The lowest BCUT2D eigenvalue weighted by Crippen LogP contribution is -2.34. The van der Waals surface area contributed by atoms with Crippen LogP contribution in [0.3, 0.4) is 0 Å². The third-order valence-electron chi connectivity index (χ3n) is 2.77. The number of carbonyl (C=O) groups is 1. The molecule has 0 spiro atoms. The molecule has 0 saturated carbocycles. The molecule has 0 unspecified atom stereocenters. The number of methoxy groups -OCH3 is 1. The fraction of sp³-hybridized carbons (Fsp3) is 0.533. The van der Waals surface area contributed by atoms with Gasteiger partial charge in [0.05, 0.1) is 19.8 Å². The summed E-state index contributed by atoms with van der Waals surface area (Å²) in [7, 11) is 1.62. The van der Waals surface area contributed by atoms with Gasteiger partial charge in [-0.1, -0.05) is 28.1 Å². The molecule has 0 bridgehead atoms. The Labute approximate surface area is 129 Å². The van der Waals surface area contributed by atoms with Crippen molar-refractivity contribution >= 4 is 21.8 Å². The van der Waals surface area contributed by atoms with Crippen molar-refractivity contribution in [3.05, 3.63) is 34.3 Å². The first-order valence-corrected chi connectivity index (χ1v) is 7.51.